The maximum Gasteiger partial charge on any atom is 0.335 e. The van der Waals surface area contributed by atoms with E-state index in [0.717, 1.165) is 31.6 Å². The van der Waals surface area contributed by atoms with Crippen molar-refractivity contribution in [1.29, 1.82) is 0 Å². The summed E-state index contributed by atoms with van der Waals surface area (Å²) < 4.78 is 0. The van der Waals surface area contributed by atoms with Crippen LogP contribution in [-0.4, -0.2) is 21.8 Å². The Morgan fingerprint density at radius 2 is 1.81 bits per heavy atom. The quantitative estimate of drug-likeness (QED) is 0.760. The van der Waals surface area contributed by atoms with Gasteiger partial charge in [0, 0.05) is 0 Å². The first-order valence-electron chi connectivity index (χ1n) is 6.50. The fourth-order valence-corrected chi connectivity index (χ4v) is 2.95. The van der Waals surface area contributed by atoms with Crippen molar-refractivity contribution >= 4 is 5.97 Å². The smallest absolute Gasteiger partial charge is 0.335 e. The predicted molar refractivity (Wildman–Crippen MR) is 63.2 cm³/mol. The zero-order valence-electron chi connectivity index (χ0n) is 10.4. The molecule has 94 valence electrons. The van der Waals surface area contributed by atoms with E-state index in [4.69, 9.17) is 5.11 Å². The van der Waals surface area contributed by atoms with Crippen LogP contribution in [0.2, 0.25) is 0 Å². The van der Waals surface area contributed by atoms with Crippen molar-refractivity contribution in [2.75, 3.05) is 0 Å². The monoisotopic (exact) mass is 228 g/mol. The summed E-state index contributed by atoms with van der Waals surface area (Å²) in [7, 11) is 0. The molecule has 0 radical (unpaired) electrons. The van der Waals surface area contributed by atoms with Gasteiger partial charge in [-0.1, -0.05) is 39.5 Å². The van der Waals surface area contributed by atoms with E-state index in [-0.39, 0.29) is 5.92 Å². The maximum atomic E-state index is 11.1. The van der Waals surface area contributed by atoms with E-state index >= 15 is 0 Å². The van der Waals surface area contributed by atoms with Gasteiger partial charge in [0.2, 0.25) is 0 Å². The second-order valence-corrected chi connectivity index (χ2v) is 5.09. The molecule has 16 heavy (non-hydrogen) atoms. The van der Waals surface area contributed by atoms with Gasteiger partial charge in [0.05, 0.1) is 0 Å². The molecule has 0 aromatic heterocycles. The Hall–Kier alpha value is -0.570. The Labute approximate surface area is 97.9 Å². The van der Waals surface area contributed by atoms with E-state index in [1.54, 1.807) is 6.92 Å². The first-order valence-corrected chi connectivity index (χ1v) is 6.50. The molecule has 3 nitrogen and oxygen atoms in total. The highest BCUT2D eigenvalue weighted by Gasteiger charge is 2.43. The molecule has 1 aliphatic rings. The Kier molecular flexibility index (Phi) is 4.78. The van der Waals surface area contributed by atoms with Gasteiger partial charge >= 0.3 is 5.97 Å². The van der Waals surface area contributed by atoms with E-state index in [1.807, 2.05) is 0 Å². The van der Waals surface area contributed by atoms with Crippen LogP contribution in [-0.2, 0) is 4.79 Å². The SMILES string of the molecule is CCCC1CCC(C(O)(CC)C(=O)O)CC1. The minimum atomic E-state index is -1.49. The zero-order chi connectivity index (χ0) is 12.2. The average Bonchev–Trinajstić information content (AvgIpc) is 2.29. The summed E-state index contributed by atoms with van der Waals surface area (Å²) in [6.45, 7) is 3.94. The molecular formula is C13H24O3. The molecular weight excluding hydrogens is 204 g/mol. The second-order valence-electron chi connectivity index (χ2n) is 5.09. The van der Waals surface area contributed by atoms with Gasteiger partial charge in [0.1, 0.15) is 0 Å². The number of rotatable bonds is 5. The summed E-state index contributed by atoms with van der Waals surface area (Å²) in [6, 6.07) is 0. The Morgan fingerprint density at radius 1 is 1.25 bits per heavy atom. The molecule has 0 bridgehead atoms. The van der Waals surface area contributed by atoms with Gasteiger partial charge in [-0.3, -0.25) is 0 Å². The lowest BCUT2D eigenvalue weighted by Gasteiger charge is -2.37. The van der Waals surface area contributed by atoms with Gasteiger partial charge in [-0.2, -0.15) is 0 Å². The van der Waals surface area contributed by atoms with Crippen molar-refractivity contribution in [3.8, 4) is 0 Å². The summed E-state index contributed by atoms with van der Waals surface area (Å²) >= 11 is 0. The first kappa shape index (κ1) is 13.5. The molecule has 1 unspecified atom stereocenters. The van der Waals surface area contributed by atoms with Crippen LogP contribution in [0.15, 0.2) is 0 Å². The molecule has 0 aliphatic heterocycles. The van der Waals surface area contributed by atoms with Crippen molar-refractivity contribution < 1.29 is 15.0 Å². The third-order valence-electron chi connectivity index (χ3n) is 4.13. The summed E-state index contributed by atoms with van der Waals surface area (Å²) in [5, 5.41) is 19.2. The van der Waals surface area contributed by atoms with Crippen molar-refractivity contribution in [2.24, 2.45) is 11.8 Å². The van der Waals surface area contributed by atoms with Gasteiger partial charge in [0.25, 0.3) is 0 Å². The fourth-order valence-electron chi connectivity index (χ4n) is 2.95. The Morgan fingerprint density at radius 3 is 2.19 bits per heavy atom. The van der Waals surface area contributed by atoms with Crippen LogP contribution in [0.5, 0.6) is 0 Å². The van der Waals surface area contributed by atoms with E-state index in [1.165, 1.54) is 12.8 Å². The molecule has 1 saturated carbocycles. The second kappa shape index (κ2) is 5.67. The minimum absolute atomic E-state index is 0.0527. The van der Waals surface area contributed by atoms with Gasteiger partial charge < -0.3 is 10.2 Å². The third-order valence-corrected chi connectivity index (χ3v) is 4.13. The number of aliphatic carboxylic acids is 1. The highest BCUT2D eigenvalue weighted by atomic mass is 16.4. The maximum absolute atomic E-state index is 11.1. The number of carboxylic acid groups (broad SMARTS) is 1. The third kappa shape index (κ3) is 2.76. The topological polar surface area (TPSA) is 57.5 Å². The normalized spacial score (nSPS) is 29.7. The molecule has 1 atom stereocenters. The zero-order valence-corrected chi connectivity index (χ0v) is 10.4. The molecule has 0 saturated heterocycles. The Balaban J connectivity index is 2.55. The van der Waals surface area contributed by atoms with E-state index in [0.29, 0.717) is 6.42 Å². The highest BCUT2D eigenvalue weighted by Crippen LogP contribution is 2.38. The van der Waals surface area contributed by atoms with Crippen molar-refractivity contribution in [3.05, 3.63) is 0 Å². The Bertz CT molecular complexity index is 231. The summed E-state index contributed by atoms with van der Waals surface area (Å²) in [5.41, 5.74) is -1.49. The molecule has 0 aromatic carbocycles. The lowest BCUT2D eigenvalue weighted by molar-refractivity contribution is -0.167. The largest absolute Gasteiger partial charge is 0.479 e. The molecule has 1 rings (SSSR count). The van der Waals surface area contributed by atoms with Crippen LogP contribution in [0, 0.1) is 11.8 Å². The van der Waals surface area contributed by atoms with Crippen molar-refractivity contribution in [3.63, 3.8) is 0 Å². The van der Waals surface area contributed by atoms with Gasteiger partial charge in [-0.15, -0.1) is 0 Å². The summed E-state index contributed by atoms with van der Waals surface area (Å²) in [5.74, 6) is -0.354. The average molecular weight is 228 g/mol. The van der Waals surface area contributed by atoms with Crippen LogP contribution in [0.1, 0.15) is 58.8 Å². The first-order chi connectivity index (χ1) is 7.54. The van der Waals surface area contributed by atoms with Crippen molar-refractivity contribution in [1.82, 2.24) is 0 Å². The molecule has 0 aromatic rings. The number of hydrogen-bond acceptors (Lipinski definition) is 2. The molecule has 1 fully saturated rings. The number of carboxylic acids is 1. The van der Waals surface area contributed by atoms with Crippen LogP contribution in [0.4, 0.5) is 0 Å². The highest BCUT2D eigenvalue weighted by molar-refractivity contribution is 5.77. The summed E-state index contributed by atoms with van der Waals surface area (Å²) in [6.07, 6.45) is 6.63. The van der Waals surface area contributed by atoms with Crippen LogP contribution >= 0.6 is 0 Å². The van der Waals surface area contributed by atoms with Gasteiger partial charge in [-0.25, -0.2) is 4.79 Å². The lowest BCUT2D eigenvalue weighted by atomic mass is 9.71. The molecule has 0 spiro atoms. The lowest BCUT2D eigenvalue weighted by Crippen LogP contribution is -2.46. The van der Waals surface area contributed by atoms with Crippen LogP contribution in [0.3, 0.4) is 0 Å². The molecule has 1 aliphatic carbocycles. The van der Waals surface area contributed by atoms with Gasteiger partial charge in [0.15, 0.2) is 5.60 Å². The number of hydrogen-bond donors (Lipinski definition) is 2. The molecule has 0 amide bonds. The predicted octanol–water partition coefficient (Wildman–Crippen LogP) is 2.82. The van der Waals surface area contributed by atoms with Crippen LogP contribution < -0.4 is 0 Å². The van der Waals surface area contributed by atoms with Crippen LogP contribution in [0.25, 0.3) is 0 Å². The molecule has 2 N–H and O–H groups in total. The van der Waals surface area contributed by atoms with Crippen molar-refractivity contribution in [2.45, 2.75) is 64.4 Å². The molecule has 3 heteroatoms. The molecule has 0 heterocycles. The number of carbonyl (C=O) groups is 1. The standard InChI is InChI=1S/C13H24O3/c1-3-5-10-6-8-11(9-7-10)13(16,4-2)12(14)15/h10-11,16H,3-9H2,1-2H3,(H,14,15). The van der Waals surface area contributed by atoms with E-state index in [9.17, 15) is 9.90 Å². The van der Waals surface area contributed by atoms with E-state index in [2.05, 4.69) is 6.92 Å². The van der Waals surface area contributed by atoms with Gasteiger partial charge in [-0.05, 0) is 31.1 Å². The fraction of sp³-hybridized carbons (Fsp3) is 0.923. The number of aliphatic hydroxyl groups is 1. The minimum Gasteiger partial charge on any atom is -0.479 e. The summed E-state index contributed by atoms with van der Waals surface area (Å²) in [4.78, 5) is 11.1. The van der Waals surface area contributed by atoms with E-state index < -0.39 is 11.6 Å².